The van der Waals surface area contributed by atoms with Gasteiger partial charge in [-0.15, -0.1) is 0 Å². The Labute approximate surface area is 133 Å². The number of rotatable bonds is 5. The van der Waals surface area contributed by atoms with E-state index in [1.165, 1.54) is 0 Å². The smallest absolute Gasteiger partial charge is 0.242 e. The molecule has 1 aromatic heterocycles. The number of amides is 1. The highest BCUT2D eigenvalue weighted by Crippen LogP contribution is 2.18. The maximum Gasteiger partial charge on any atom is 0.242 e. The van der Waals surface area contributed by atoms with E-state index in [0.29, 0.717) is 6.04 Å². The highest BCUT2D eigenvalue weighted by atomic mass is 16.2. The van der Waals surface area contributed by atoms with E-state index in [4.69, 9.17) is 0 Å². The third-order valence-corrected chi connectivity index (χ3v) is 4.69. The monoisotopic (exact) mass is 307 g/mol. The molecule has 0 unspecified atom stereocenters. The predicted molar refractivity (Wildman–Crippen MR) is 89.0 cm³/mol. The lowest BCUT2D eigenvalue weighted by Crippen LogP contribution is -2.56. The number of hydrogen-bond donors (Lipinski definition) is 1. The van der Waals surface area contributed by atoms with E-state index >= 15 is 0 Å². The number of nitrogens with zero attached hydrogens (tertiary/aromatic N) is 4. The summed E-state index contributed by atoms with van der Waals surface area (Å²) in [6.07, 6.45) is 2.72. The second-order valence-electron chi connectivity index (χ2n) is 6.43. The van der Waals surface area contributed by atoms with Crippen molar-refractivity contribution in [2.45, 2.75) is 52.2 Å². The first kappa shape index (κ1) is 17.0. The predicted octanol–water partition coefficient (Wildman–Crippen LogP) is 1.82. The Hall–Kier alpha value is -1.40. The van der Waals surface area contributed by atoms with Crippen LogP contribution < -0.4 is 5.32 Å². The Morgan fingerprint density at radius 3 is 2.82 bits per heavy atom. The summed E-state index contributed by atoms with van der Waals surface area (Å²) >= 11 is 0. The summed E-state index contributed by atoms with van der Waals surface area (Å²) in [5, 5.41) is 7.36. The number of piperazine rings is 1. The van der Waals surface area contributed by atoms with E-state index in [1.54, 1.807) is 6.20 Å². The van der Waals surface area contributed by atoms with Crippen LogP contribution in [0.25, 0.3) is 0 Å². The van der Waals surface area contributed by atoms with Crippen molar-refractivity contribution >= 4 is 11.7 Å². The minimum absolute atomic E-state index is 0.0430. The van der Waals surface area contributed by atoms with Gasteiger partial charge < -0.3 is 10.2 Å². The van der Waals surface area contributed by atoms with Gasteiger partial charge in [-0.3, -0.25) is 9.69 Å². The molecule has 2 heterocycles. The molecule has 2 rings (SSSR count). The van der Waals surface area contributed by atoms with Crippen LogP contribution in [-0.4, -0.2) is 64.3 Å². The molecule has 0 saturated carbocycles. The van der Waals surface area contributed by atoms with E-state index in [0.717, 1.165) is 31.9 Å². The number of nitrogens with one attached hydrogen (secondary N) is 1. The zero-order chi connectivity index (χ0) is 16.3. The largest absolute Gasteiger partial charge is 0.310 e. The fourth-order valence-corrected chi connectivity index (χ4v) is 3.05. The van der Waals surface area contributed by atoms with Gasteiger partial charge in [-0.05, 0) is 34.2 Å². The first-order chi connectivity index (χ1) is 10.4. The summed E-state index contributed by atoms with van der Waals surface area (Å²) in [6, 6.07) is 2.40. The molecule has 6 heteroatoms. The molecular weight excluding hydrogens is 278 g/mol. The second-order valence-corrected chi connectivity index (χ2v) is 6.43. The first-order valence-corrected chi connectivity index (χ1v) is 8.22. The van der Waals surface area contributed by atoms with Gasteiger partial charge in [0.25, 0.3) is 0 Å². The van der Waals surface area contributed by atoms with Gasteiger partial charge in [0, 0.05) is 31.7 Å². The summed E-state index contributed by atoms with van der Waals surface area (Å²) in [6.45, 7) is 11.3. The fraction of sp³-hybridized carbons (Fsp3) is 0.750. The van der Waals surface area contributed by atoms with Gasteiger partial charge >= 0.3 is 0 Å². The van der Waals surface area contributed by atoms with Crippen LogP contribution in [0.1, 0.15) is 40.2 Å². The molecule has 3 atom stereocenters. The van der Waals surface area contributed by atoms with E-state index in [1.807, 2.05) is 17.7 Å². The van der Waals surface area contributed by atoms with Crippen molar-refractivity contribution in [2.24, 2.45) is 0 Å². The summed E-state index contributed by atoms with van der Waals surface area (Å²) in [5.41, 5.74) is 0. The third-order valence-electron chi connectivity index (χ3n) is 4.69. The van der Waals surface area contributed by atoms with Crippen LogP contribution in [0.5, 0.6) is 0 Å². The molecule has 0 radical (unpaired) electrons. The van der Waals surface area contributed by atoms with E-state index < -0.39 is 0 Å². The van der Waals surface area contributed by atoms with Crippen LogP contribution in [-0.2, 0) is 4.79 Å². The van der Waals surface area contributed by atoms with Gasteiger partial charge in [-0.25, -0.2) is 4.68 Å². The summed E-state index contributed by atoms with van der Waals surface area (Å²) in [7, 11) is 2.13. The number of anilines is 1. The molecule has 1 aliphatic rings. The Morgan fingerprint density at radius 1 is 1.45 bits per heavy atom. The van der Waals surface area contributed by atoms with Gasteiger partial charge in [-0.2, -0.15) is 5.10 Å². The zero-order valence-corrected chi connectivity index (χ0v) is 14.4. The van der Waals surface area contributed by atoms with E-state index in [-0.39, 0.29) is 18.0 Å². The number of hydrogen-bond acceptors (Lipinski definition) is 4. The first-order valence-electron chi connectivity index (χ1n) is 8.22. The summed E-state index contributed by atoms with van der Waals surface area (Å²) < 4.78 is 1.89. The molecule has 0 bridgehead atoms. The van der Waals surface area contributed by atoms with Gasteiger partial charge in [0.15, 0.2) is 0 Å². The molecule has 124 valence electrons. The van der Waals surface area contributed by atoms with Crippen LogP contribution in [0.2, 0.25) is 0 Å². The minimum atomic E-state index is -0.135. The van der Waals surface area contributed by atoms with Crippen molar-refractivity contribution in [3.8, 4) is 0 Å². The second kappa shape index (κ2) is 7.24. The quantitative estimate of drug-likeness (QED) is 0.901. The van der Waals surface area contributed by atoms with Crippen molar-refractivity contribution in [3.63, 3.8) is 0 Å². The Bertz CT molecular complexity index is 500. The van der Waals surface area contributed by atoms with Crippen LogP contribution in [0.3, 0.4) is 0 Å². The van der Waals surface area contributed by atoms with Crippen LogP contribution in [0.4, 0.5) is 5.82 Å². The van der Waals surface area contributed by atoms with Crippen molar-refractivity contribution in [1.29, 1.82) is 0 Å². The molecule has 0 aromatic carbocycles. The van der Waals surface area contributed by atoms with Gasteiger partial charge in [0.1, 0.15) is 5.82 Å². The molecule has 1 aliphatic heterocycles. The molecule has 1 amide bonds. The molecule has 0 spiro atoms. The number of carbonyl (C=O) groups is 1. The standard InChI is InChI=1S/C16H29N5O/c1-6-12(2)21-15(7-8-17-21)18-16(22)14(4)20-10-9-19(5)11-13(20)3/h7-8,12-14H,6,9-11H2,1-5H3,(H,18,22)/t12-,13+,14+/m0/s1. The van der Waals surface area contributed by atoms with Gasteiger partial charge in [0.2, 0.25) is 5.91 Å². The molecule has 6 nitrogen and oxygen atoms in total. The highest BCUT2D eigenvalue weighted by molar-refractivity contribution is 5.93. The zero-order valence-electron chi connectivity index (χ0n) is 14.4. The Kier molecular flexibility index (Phi) is 5.58. The molecule has 1 aromatic rings. The van der Waals surface area contributed by atoms with Crippen molar-refractivity contribution in [3.05, 3.63) is 12.3 Å². The summed E-state index contributed by atoms with van der Waals surface area (Å²) in [4.78, 5) is 17.2. The molecule has 0 aliphatic carbocycles. The lowest BCUT2D eigenvalue weighted by molar-refractivity contribution is -0.122. The average Bonchev–Trinajstić information content (AvgIpc) is 2.94. The van der Waals surface area contributed by atoms with Gasteiger partial charge in [-0.1, -0.05) is 6.92 Å². The lowest BCUT2D eigenvalue weighted by atomic mass is 10.1. The van der Waals surface area contributed by atoms with Crippen LogP contribution in [0.15, 0.2) is 12.3 Å². The number of aromatic nitrogens is 2. The van der Waals surface area contributed by atoms with Gasteiger partial charge in [0.05, 0.1) is 18.3 Å². The highest BCUT2D eigenvalue weighted by Gasteiger charge is 2.29. The maximum absolute atomic E-state index is 12.6. The SMILES string of the molecule is CC[C@H](C)n1nccc1NC(=O)[C@@H](C)N1CCN(C)C[C@H]1C. The fourth-order valence-electron chi connectivity index (χ4n) is 3.05. The topological polar surface area (TPSA) is 53.4 Å². The molecule has 22 heavy (non-hydrogen) atoms. The number of likely N-dealkylation sites (N-methyl/N-ethyl adjacent to an activating group) is 1. The maximum atomic E-state index is 12.6. The van der Waals surface area contributed by atoms with Crippen LogP contribution >= 0.6 is 0 Å². The van der Waals surface area contributed by atoms with Crippen molar-refractivity contribution < 1.29 is 4.79 Å². The third kappa shape index (κ3) is 3.67. The lowest BCUT2D eigenvalue weighted by Gasteiger charge is -2.41. The molecule has 1 fully saturated rings. The molecule has 1 N–H and O–H groups in total. The summed E-state index contributed by atoms with van der Waals surface area (Å²) in [5.74, 6) is 0.828. The normalized spacial score (nSPS) is 23.2. The minimum Gasteiger partial charge on any atom is -0.310 e. The van der Waals surface area contributed by atoms with Crippen LogP contribution in [0, 0.1) is 0 Å². The van der Waals surface area contributed by atoms with E-state index in [2.05, 4.69) is 48.0 Å². The molecule has 1 saturated heterocycles. The van der Waals surface area contributed by atoms with Crippen molar-refractivity contribution in [2.75, 3.05) is 32.0 Å². The molecular formula is C16H29N5O. The van der Waals surface area contributed by atoms with E-state index in [9.17, 15) is 4.79 Å². The Morgan fingerprint density at radius 2 is 2.18 bits per heavy atom. The van der Waals surface area contributed by atoms with Crippen molar-refractivity contribution in [1.82, 2.24) is 19.6 Å². The number of carbonyl (C=O) groups excluding carboxylic acids is 1. The average molecular weight is 307 g/mol. The Balaban J connectivity index is 2.01.